The first kappa shape index (κ1) is 42.7. The number of likely N-dealkylation sites (tertiary alicyclic amines) is 1. The van der Waals surface area contributed by atoms with Crippen molar-refractivity contribution in [2.45, 2.75) is 110 Å². The second-order valence-corrected chi connectivity index (χ2v) is 12.8. The van der Waals surface area contributed by atoms with Crippen molar-refractivity contribution in [2.75, 3.05) is 26.2 Å². The summed E-state index contributed by atoms with van der Waals surface area (Å²) in [6.45, 7) is 8.46. The van der Waals surface area contributed by atoms with Crippen LogP contribution in [-0.2, 0) is 38.4 Å². The summed E-state index contributed by atoms with van der Waals surface area (Å²) in [5, 5.41) is 33.7. The summed E-state index contributed by atoms with van der Waals surface area (Å²) in [7, 11) is 0. The highest BCUT2D eigenvalue weighted by molar-refractivity contribution is 5.97. The zero-order chi connectivity index (χ0) is 37.4. The predicted molar refractivity (Wildman–Crippen MR) is 176 cm³/mol. The van der Waals surface area contributed by atoms with Crippen LogP contribution >= 0.6 is 0 Å². The minimum absolute atomic E-state index is 0.154. The van der Waals surface area contributed by atoms with Crippen LogP contribution in [0.5, 0.6) is 0 Å². The van der Waals surface area contributed by atoms with Gasteiger partial charge in [-0.1, -0.05) is 27.7 Å². The fourth-order valence-electron chi connectivity index (χ4n) is 5.21. The Morgan fingerprint density at radius 2 is 1.37 bits per heavy atom. The van der Waals surface area contributed by atoms with E-state index in [0.717, 1.165) is 0 Å². The molecule has 0 radical (unpaired) electrons. The molecule has 0 bridgehead atoms. The number of amides is 7. The van der Waals surface area contributed by atoms with Crippen molar-refractivity contribution in [2.24, 2.45) is 17.6 Å². The van der Waals surface area contributed by atoms with Crippen LogP contribution in [0.2, 0.25) is 0 Å². The first-order valence-corrected chi connectivity index (χ1v) is 16.5. The molecule has 0 saturated carbocycles. The van der Waals surface area contributed by atoms with Crippen LogP contribution in [0.3, 0.4) is 0 Å². The largest absolute Gasteiger partial charge is 0.480 e. The van der Waals surface area contributed by atoms with E-state index in [0.29, 0.717) is 25.8 Å². The number of aliphatic hydroxyl groups is 1. The van der Waals surface area contributed by atoms with Crippen molar-refractivity contribution in [1.29, 1.82) is 0 Å². The third-order valence-electron chi connectivity index (χ3n) is 7.94. The van der Waals surface area contributed by atoms with E-state index in [1.807, 2.05) is 0 Å². The Bertz CT molecular complexity index is 1200. The van der Waals surface area contributed by atoms with Gasteiger partial charge in [0.2, 0.25) is 41.4 Å². The zero-order valence-corrected chi connectivity index (χ0v) is 29.2. The third-order valence-corrected chi connectivity index (χ3v) is 7.94. The molecule has 18 nitrogen and oxygen atoms in total. The maximum atomic E-state index is 13.5. The highest BCUT2D eigenvalue weighted by Crippen LogP contribution is 2.20. The number of hydrogen-bond donors (Lipinski definition) is 9. The number of carboxylic acid groups (broad SMARTS) is 1. The maximum Gasteiger partial charge on any atom is 0.322 e. The van der Waals surface area contributed by atoms with Crippen molar-refractivity contribution in [1.82, 2.24) is 36.8 Å². The molecule has 1 heterocycles. The lowest BCUT2D eigenvalue weighted by Crippen LogP contribution is -2.61. The fraction of sp³-hybridized carbons (Fsp3) is 0.742. The average molecular weight is 699 g/mol. The molecule has 18 heteroatoms. The van der Waals surface area contributed by atoms with Crippen LogP contribution in [0, 0.1) is 11.8 Å². The Labute approximate surface area is 286 Å². The smallest absolute Gasteiger partial charge is 0.322 e. The SMILES string of the molecule is CC(=O)N[C@@H](CCCCN)C(=O)N[C@@H](CO)C(=O)N1CCC[C@H]1C(=O)N[C@H](C(=O)N[C@H](C(=O)N[C@@H](C)C(=O)NCC(=O)O)C(C)C)C(C)C. The molecule has 1 aliphatic heterocycles. The molecule has 0 unspecified atom stereocenters. The molecule has 49 heavy (non-hydrogen) atoms. The summed E-state index contributed by atoms with van der Waals surface area (Å²) in [5.74, 6) is -6.74. The van der Waals surface area contributed by atoms with Gasteiger partial charge in [-0.05, 0) is 57.4 Å². The molecule has 0 aliphatic carbocycles. The standard InChI is InChI=1S/C31H54N8O10/c1-16(2)24(29(47)34-18(5)26(44)33-14-23(42)43)38-30(48)25(17(3)4)37-28(46)22-11-9-13-39(22)31(49)21(15-40)36-27(45)20(35-19(6)41)10-7-8-12-32/h16-18,20-22,24-25,40H,7-15,32H2,1-6H3,(H,33,44)(H,34,47)(H,35,41)(H,36,45)(H,37,46)(H,38,48)(H,42,43)/t18-,20-,21-,22-,24-,25-/m0/s1. The number of nitrogens with zero attached hydrogens (tertiary/aromatic N) is 1. The van der Waals surface area contributed by atoms with Gasteiger partial charge >= 0.3 is 5.97 Å². The van der Waals surface area contributed by atoms with Crippen molar-refractivity contribution in [3.05, 3.63) is 0 Å². The van der Waals surface area contributed by atoms with E-state index in [1.54, 1.807) is 27.7 Å². The van der Waals surface area contributed by atoms with Crippen LogP contribution in [0.1, 0.15) is 73.6 Å². The minimum Gasteiger partial charge on any atom is -0.480 e. The topological polar surface area (TPSA) is 278 Å². The van der Waals surface area contributed by atoms with E-state index in [4.69, 9.17) is 10.8 Å². The number of nitrogens with one attached hydrogen (secondary N) is 6. The van der Waals surface area contributed by atoms with E-state index in [2.05, 4.69) is 31.9 Å². The van der Waals surface area contributed by atoms with Crippen LogP contribution in [0.4, 0.5) is 0 Å². The molecule has 0 spiro atoms. The number of carbonyl (C=O) groups excluding carboxylic acids is 7. The Hall–Kier alpha value is -4.32. The van der Waals surface area contributed by atoms with Crippen LogP contribution in [-0.4, -0.2) is 125 Å². The molecular weight excluding hydrogens is 644 g/mol. The summed E-state index contributed by atoms with van der Waals surface area (Å²) in [6, 6.07) is -6.71. The second kappa shape index (κ2) is 20.9. The monoisotopic (exact) mass is 698 g/mol. The molecular formula is C31H54N8O10. The highest BCUT2D eigenvalue weighted by Gasteiger charge is 2.40. The van der Waals surface area contributed by atoms with Crippen LogP contribution in [0.25, 0.3) is 0 Å². The van der Waals surface area contributed by atoms with Gasteiger partial charge in [-0.25, -0.2) is 0 Å². The molecule has 278 valence electrons. The van der Waals surface area contributed by atoms with Crippen molar-refractivity contribution in [3.63, 3.8) is 0 Å². The number of unbranched alkanes of at least 4 members (excludes halogenated alkanes) is 1. The first-order valence-electron chi connectivity index (χ1n) is 16.5. The van der Waals surface area contributed by atoms with Crippen molar-refractivity contribution >= 4 is 47.3 Å². The Kier molecular flexibility index (Phi) is 18.2. The molecule has 6 atom stereocenters. The number of carboxylic acids is 1. The average Bonchev–Trinajstić information content (AvgIpc) is 3.52. The lowest BCUT2D eigenvalue weighted by Gasteiger charge is -2.31. The molecule has 1 aliphatic rings. The van der Waals surface area contributed by atoms with Gasteiger partial charge < -0.3 is 52.7 Å². The molecule has 1 saturated heterocycles. The number of carbonyl (C=O) groups is 8. The highest BCUT2D eigenvalue weighted by atomic mass is 16.4. The van der Waals surface area contributed by atoms with Gasteiger partial charge in [-0.15, -0.1) is 0 Å². The lowest BCUT2D eigenvalue weighted by atomic mass is 9.99. The van der Waals surface area contributed by atoms with E-state index in [9.17, 15) is 43.5 Å². The fourth-order valence-corrected chi connectivity index (χ4v) is 5.21. The molecule has 0 aromatic rings. The van der Waals surface area contributed by atoms with Crippen molar-refractivity contribution in [3.8, 4) is 0 Å². The molecule has 1 rings (SSSR count). The second-order valence-electron chi connectivity index (χ2n) is 12.8. The molecule has 7 amide bonds. The third kappa shape index (κ3) is 14.0. The summed E-state index contributed by atoms with van der Waals surface area (Å²) in [4.78, 5) is 102. The summed E-state index contributed by atoms with van der Waals surface area (Å²) in [5.41, 5.74) is 5.52. The van der Waals surface area contributed by atoms with E-state index < -0.39 is 109 Å². The van der Waals surface area contributed by atoms with Crippen LogP contribution < -0.4 is 37.6 Å². The van der Waals surface area contributed by atoms with E-state index in [-0.39, 0.29) is 19.4 Å². The zero-order valence-electron chi connectivity index (χ0n) is 29.2. The first-order chi connectivity index (χ1) is 22.9. The molecule has 0 aromatic carbocycles. The molecule has 0 aromatic heterocycles. The summed E-state index contributed by atoms with van der Waals surface area (Å²) in [6.07, 6.45) is 2.12. The Morgan fingerprint density at radius 1 is 0.776 bits per heavy atom. The van der Waals surface area contributed by atoms with Gasteiger partial charge in [0.1, 0.15) is 42.8 Å². The number of aliphatic hydroxyl groups excluding tert-OH is 1. The number of hydrogen-bond acceptors (Lipinski definition) is 10. The van der Waals surface area contributed by atoms with Gasteiger partial charge in [-0.3, -0.25) is 38.4 Å². The van der Waals surface area contributed by atoms with Gasteiger partial charge in [0, 0.05) is 13.5 Å². The van der Waals surface area contributed by atoms with Gasteiger partial charge in [0.25, 0.3) is 0 Å². The van der Waals surface area contributed by atoms with Gasteiger partial charge in [0.15, 0.2) is 0 Å². The Morgan fingerprint density at radius 3 is 1.90 bits per heavy atom. The summed E-state index contributed by atoms with van der Waals surface area (Å²) >= 11 is 0. The van der Waals surface area contributed by atoms with E-state index in [1.165, 1.54) is 18.7 Å². The minimum atomic E-state index is -1.39. The molecule has 1 fully saturated rings. The molecule has 10 N–H and O–H groups in total. The van der Waals surface area contributed by atoms with Crippen molar-refractivity contribution < 1.29 is 48.6 Å². The van der Waals surface area contributed by atoms with Gasteiger partial charge in [-0.2, -0.15) is 0 Å². The predicted octanol–water partition coefficient (Wildman–Crippen LogP) is -2.92. The Balaban J connectivity index is 3.01. The normalized spacial score (nSPS) is 17.3. The van der Waals surface area contributed by atoms with Crippen LogP contribution in [0.15, 0.2) is 0 Å². The number of rotatable bonds is 20. The summed E-state index contributed by atoms with van der Waals surface area (Å²) < 4.78 is 0. The quantitative estimate of drug-likeness (QED) is 0.0581. The van der Waals surface area contributed by atoms with Gasteiger partial charge in [0.05, 0.1) is 6.61 Å². The lowest BCUT2D eigenvalue weighted by molar-refractivity contribution is -0.143. The number of nitrogens with two attached hydrogens (primary N) is 1. The van der Waals surface area contributed by atoms with E-state index >= 15 is 0 Å². The maximum absolute atomic E-state index is 13.5. The number of aliphatic carboxylic acids is 1.